The molecule has 1 aliphatic heterocycles. The van der Waals surface area contributed by atoms with Gasteiger partial charge in [0.15, 0.2) is 0 Å². The summed E-state index contributed by atoms with van der Waals surface area (Å²) < 4.78 is 0. The number of nitrogens with one attached hydrogen (secondary N) is 1. The quantitative estimate of drug-likeness (QED) is 0.739. The van der Waals surface area contributed by atoms with Gasteiger partial charge in [0.1, 0.15) is 0 Å². The van der Waals surface area contributed by atoms with Crippen LogP contribution in [0.5, 0.6) is 0 Å². The molecule has 3 rings (SSSR count). The van der Waals surface area contributed by atoms with Crippen LogP contribution >= 0.6 is 0 Å². The first-order chi connectivity index (χ1) is 8.68. The minimum absolute atomic E-state index is 0.270. The van der Waals surface area contributed by atoms with Gasteiger partial charge in [0, 0.05) is 24.6 Å². The summed E-state index contributed by atoms with van der Waals surface area (Å²) in [5, 5.41) is 12.5. The van der Waals surface area contributed by atoms with E-state index in [9.17, 15) is 9.90 Å². The molecule has 96 valence electrons. The number of rotatable bonds is 2. The molecule has 0 bridgehead atoms. The number of fused-ring (bicyclic) bond motifs is 1. The zero-order chi connectivity index (χ0) is 12.7. The van der Waals surface area contributed by atoms with Crippen molar-refractivity contribution in [3.8, 4) is 0 Å². The van der Waals surface area contributed by atoms with Crippen LogP contribution in [-0.4, -0.2) is 16.1 Å². The van der Waals surface area contributed by atoms with Gasteiger partial charge < -0.3 is 16.2 Å². The second-order valence-electron chi connectivity index (χ2n) is 5.10. The monoisotopic (exact) mass is 247 g/mol. The number of hydrogen-bond acceptors (Lipinski definition) is 4. The predicted octanol–water partition coefficient (Wildman–Crippen LogP) is 1.62. The number of nitrogens with two attached hydrogens (primary N) is 1. The molecule has 0 atom stereocenters. The van der Waals surface area contributed by atoms with E-state index in [0.29, 0.717) is 24.7 Å². The molecule has 0 aromatic carbocycles. The van der Waals surface area contributed by atoms with Crippen LogP contribution in [0.4, 0.5) is 5.69 Å². The highest BCUT2D eigenvalue weighted by Crippen LogP contribution is 2.38. The number of carbonyl (C=O) groups is 1. The van der Waals surface area contributed by atoms with Crippen LogP contribution in [0.2, 0.25) is 0 Å². The van der Waals surface area contributed by atoms with E-state index >= 15 is 0 Å². The molecule has 5 nitrogen and oxygen atoms in total. The molecule has 2 heterocycles. The van der Waals surface area contributed by atoms with Gasteiger partial charge in [-0.2, -0.15) is 0 Å². The summed E-state index contributed by atoms with van der Waals surface area (Å²) in [5.74, 6) is -0.594. The molecule has 4 N–H and O–H groups in total. The molecule has 0 spiro atoms. The van der Waals surface area contributed by atoms with Crippen molar-refractivity contribution in [3.63, 3.8) is 0 Å². The number of nitrogen functional groups attached to an aromatic ring is 1. The van der Waals surface area contributed by atoms with E-state index in [4.69, 9.17) is 5.73 Å². The average Bonchev–Trinajstić information content (AvgIpc) is 2.97. The summed E-state index contributed by atoms with van der Waals surface area (Å²) in [6, 6.07) is 0. The topological polar surface area (TPSA) is 88.2 Å². The minimum Gasteiger partial charge on any atom is -0.478 e. The van der Waals surface area contributed by atoms with E-state index in [1.54, 1.807) is 0 Å². The Morgan fingerprint density at radius 1 is 1.33 bits per heavy atom. The molecule has 2 aliphatic rings. The molecule has 1 aromatic rings. The number of aromatic nitrogens is 1. The maximum Gasteiger partial charge on any atom is 0.338 e. The van der Waals surface area contributed by atoms with Crippen LogP contribution in [0.1, 0.15) is 58.9 Å². The van der Waals surface area contributed by atoms with Crippen LogP contribution < -0.4 is 11.1 Å². The highest BCUT2D eigenvalue weighted by molar-refractivity contribution is 5.96. The van der Waals surface area contributed by atoms with Crippen LogP contribution in [-0.2, 0) is 13.1 Å². The summed E-state index contributed by atoms with van der Waals surface area (Å²) in [7, 11) is 0. The van der Waals surface area contributed by atoms with Gasteiger partial charge in [-0.25, -0.2) is 4.79 Å². The Kier molecular flexibility index (Phi) is 2.70. The highest BCUT2D eigenvalue weighted by atomic mass is 16.4. The average molecular weight is 247 g/mol. The van der Waals surface area contributed by atoms with Gasteiger partial charge in [-0.05, 0) is 12.8 Å². The van der Waals surface area contributed by atoms with Gasteiger partial charge in [0.25, 0.3) is 0 Å². The maximum absolute atomic E-state index is 11.4. The van der Waals surface area contributed by atoms with Crippen LogP contribution in [0.25, 0.3) is 0 Å². The Labute approximate surface area is 105 Å². The fourth-order valence-electron chi connectivity index (χ4n) is 3.11. The normalized spacial score (nSPS) is 19.1. The van der Waals surface area contributed by atoms with E-state index in [0.717, 1.165) is 29.8 Å². The van der Waals surface area contributed by atoms with Crippen LogP contribution in [0.3, 0.4) is 0 Å². The third kappa shape index (κ3) is 1.66. The van der Waals surface area contributed by atoms with Crippen molar-refractivity contribution in [1.29, 1.82) is 0 Å². The molecule has 0 unspecified atom stereocenters. The molecular formula is C13H17N3O2. The van der Waals surface area contributed by atoms with Crippen molar-refractivity contribution in [2.24, 2.45) is 0 Å². The van der Waals surface area contributed by atoms with Crippen molar-refractivity contribution < 1.29 is 9.90 Å². The number of anilines is 1. The third-order valence-electron chi connectivity index (χ3n) is 4.00. The molecule has 0 radical (unpaired) electrons. The second kappa shape index (κ2) is 4.24. The molecule has 1 aromatic heterocycles. The van der Waals surface area contributed by atoms with Gasteiger partial charge in [-0.15, -0.1) is 0 Å². The molecule has 1 fully saturated rings. The van der Waals surface area contributed by atoms with E-state index in [2.05, 4.69) is 10.3 Å². The maximum atomic E-state index is 11.4. The molecule has 1 saturated carbocycles. The Hall–Kier alpha value is -1.62. The van der Waals surface area contributed by atoms with E-state index in [1.807, 2.05) is 0 Å². The zero-order valence-corrected chi connectivity index (χ0v) is 10.2. The van der Waals surface area contributed by atoms with Gasteiger partial charge in [0.2, 0.25) is 0 Å². The first-order valence-electron chi connectivity index (χ1n) is 6.43. The lowest BCUT2D eigenvalue weighted by atomic mass is 9.96. The third-order valence-corrected chi connectivity index (χ3v) is 4.00. The number of nitrogens with zero attached hydrogens (tertiary/aromatic N) is 1. The van der Waals surface area contributed by atoms with Gasteiger partial charge in [0.05, 0.1) is 22.6 Å². The van der Waals surface area contributed by atoms with Crippen molar-refractivity contribution in [2.75, 3.05) is 5.73 Å². The Balaban J connectivity index is 2.15. The second-order valence-corrected chi connectivity index (χ2v) is 5.10. The smallest absolute Gasteiger partial charge is 0.338 e. The lowest BCUT2D eigenvalue weighted by Gasteiger charge is -2.16. The lowest BCUT2D eigenvalue weighted by Crippen LogP contribution is -2.14. The first kappa shape index (κ1) is 11.5. The molecule has 0 saturated heterocycles. The summed E-state index contributed by atoms with van der Waals surface area (Å²) >= 11 is 0. The van der Waals surface area contributed by atoms with Gasteiger partial charge in [-0.3, -0.25) is 4.98 Å². The summed E-state index contributed by atoms with van der Waals surface area (Å²) in [6.07, 6.45) is 4.51. The highest BCUT2D eigenvalue weighted by Gasteiger charge is 2.29. The minimum atomic E-state index is -0.936. The zero-order valence-electron chi connectivity index (χ0n) is 10.2. The van der Waals surface area contributed by atoms with Crippen molar-refractivity contribution in [3.05, 3.63) is 22.5 Å². The molecule has 5 heteroatoms. The molecule has 0 amide bonds. The fourth-order valence-corrected chi connectivity index (χ4v) is 3.11. The van der Waals surface area contributed by atoms with Crippen LogP contribution in [0, 0.1) is 0 Å². The fraction of sp³-hybridized carbons (Fsp3) is 0.538. The summed E-state index contributed by atoms with van der Waals surface area (Å²) in [4.78, 5) is 16.0. The Morgan fingerprint density at radius 3 is 2.72 bits per heavy atom. The van der Waals surface area contributed by atoms with Crippen molar-refractivity contribution in [1.82, 2.24) is 10.3 Å². The molecule has 18 heavy (non-hydrogen) atoms. The number of carboxylic acids is 1. The lowest BCUT2D eigenvalue weighted by molar-refractivity contribution is 0.0696. The first-order valence-corrected chi connectivity index (χ1v) is 6.43. The number of carboxylic acid groups (broad SMARTS) is 1. The number of pyridine rings is 1. The SMILES string of the molecule is Nc1c(C2CCCC2)nc2c(c1C(=O)O)CNC2. The van der Waals surface area contributed by atoms with Crippen molar-refractivity contribution >= 4 is 11.7 Å². The van der Waals surface area contributed by atoms with Crippen molar-refractivity contribution in [2.45, 2.75) is 44.7 Å². The van der Waals surface area contributed by atoms with E-state index < -0.39 is 5.97 Å². The standard InChI is InChI=1S/C13H17N3O2/c14-11-10(13(17)18)8-5-15-6-9(8)16-12(11)7-3-1-2-4-7/h7,15H,1-6,14H2,(H,17,18). The van der Waals surface area contributed by atoms with Crippen LogP contribution in [0.15, 0.2) is 0 Å². The van der Waals surface area contributed by atoms with Gasteiger partial charge in [-0.1, -0.05) is 12.8 Å². The Morgan fingerprint density at radius 2 is 2.06 bits per heavy atom. The number of aromatic carboxylic acids is 1. The Bertz CT molecular complexity index is 507. The van der Waals surface area contributed by atoms with Gasteiger partial charge >= 0.3 is 5.97 Å². The number of hydrogen-bond donors (Lipinski definition) is 3. The molecule has 1 aliphatic carbocycles. The predicted molar refractivity (Wildman–Crippen MR) is 67.4 cm³/mol. The molecular weight excluding hydrogens is 230 g/mol. The van der Waals surface area contributed by atoms with E-state index in [-0.39, 0.29) is 5.56 Å². The van der Waals surface area contributed by atoms with E-state index in [1.165, 1.54) is 12.8 Å². The summed E-state index contributed by atoms with van der Waals surface area (Å²) in [5.41, 5.74) is 9.16. The summed E-state index contributed by atoms with van der Waals surface area (Å²) in [6.45, 7) is 1.20. The largest absolute Gasteiger partial charge is 0.478 e.